The lowest BCUT2D eigenvalue weighted by Crippen LogP contribution is -2.19. The summed E-state index contributed by atoms with van der Waals surface area (Å²) in [6.07, 6.45) is -4.01. The maximum absolute atomic E-state index is 12.2. The number of anilines is 1. The van der Waals surface area contributed by atoms with Gasteiger partial charge in [0, 0.05) is 13.1 Å². The van der Waals surface area contributed by atoms with Crippen LogP contribution in [0.3, 0.4) is 0 Å². The summed E-state index contributed by atoms with van der Waals surface area (Å²) in [5, 5.41) is 2.00. The second-order valence-electron chi connectivity index (χ2n) is 2.81. The molecule has 7 heteroatoms. The van der Waals surface area contributed by atoms with Gasteiger partial charge < -0.3 is 10.3 Å². The minimum absolute atomic E-state index is 0.419. The fourth-order valence-electron chi connectivity index (χ4n) is 0.930. The SMILES string of the molecule is CC(=O)Nc1cc(C(F)(F)F)c[nH]c1=O. The number of H-pyrrole nitrogens is 1. The van der Waals surface area contributed by atoms with Gasteiger partial charge in [-0.1, -0.05) is 0 Å². The summed E-state index contributed by atoms with van der Waals surface area (Å²) in [5.74, 6) is -0.611. The maximum atomic E-state index is 12.2. The van der Waals surface area contributed by atoms with Gasteiger partial charge in [-0.15, -0.1) is 0 Å². The molecule has 4 nitrogen and oxygen atoms in total. The van der Waals surface area contributed by atoms with Crippen molar-refractivity contribution in [1.29, 1.82) is 0 Å². The third-order valence-corrected chi connectivity index (χ3v) is 1.54. The largest absolute Gasteiger partial charge is 0.417 e. The van der Waals surface area contributed by atoms with Crippen molar-refractivity contribution in [3.05, 3.63) is 28.2 Å². The molecule has 0 aromatic carbocycles. The highest BCUT2D eigenvalue weighted by atomic mass is 19.4. The number of nitrogens with one attached hydrogen (secondary N) is 2. The molecule has 0 atom stereocenters. The highest BCUT2D eigenvalue weighted by Gasteiger charge is 2.31. The number of pyridine rings is 1. The Morgan fingerprint density at radius 1 is 1.47 bits per heavy atom. The Labute approximate surface area is 82.1 Å². The van der Waals surface area contributed by atoms with Gasteiger partial charge in [0.05, 0.1) is 5.56 Å². The summed E-state index contributed by atoms with van der Waals surface area (Å²) in [6.45, 7) is 1.10. The molecule has 0 bridgehead atoms. The van der Waals surface area contributed by atoms with Crippen LogP contribution in [0.1, 0.15) is 12.5 Å². The minimum atomic E-state index is -4.56. The van der Waals surface area contributed by atoms with Gasteiger partial charge in [0.25, 0.3) is 5.56 Å². The molecule has 0 saturated heterocycles. The van der Waals surface area contributed by atoms with Gasteiger partial charge in [0.15, 0.2) is 0 Å². The lowest BCUT2D eigenvalue weighted by Gasteiger charge is -2.07. The van der Waals surface area contributed by atoms with Crippen molar-refractivity contribution in [1.82, 2.24) is 4.98 Å². The molecule has 0 fully saturated rings. The molecular weight excluding hydrogens is 213 g/mol. The van der Waals surface area contributed by atoms with E-state index in [-0.39, 0.29) is 0 Å². The van der Waals surface area contributed by atoms with E-state index >= 15 is 0 Å². The Morgan fingerprint density at radius 2 is 2.07 bits per heavy atom. The summed E-state index contributed by atoms with van der Waals surface area (Å²) in [7, 11) is 0. The fourth-order valence-corrected chi connectivity index (χ4v) is 0.930. The number of aromatic amines is 1. The molecule has 1 amide bonds. The Hall–Kier alpha value is -1.79. The zero-order valence-corrected chi connectivity index (χ0v) is 7.61. The molecule has 1 aromatic rings. The second-order valence-corrected chi connectivity index (χ2v) is 2.81. The van der Waals surface area contributed by atoms with Gasteiger partial charge in [-0.25, -0.2) is 0 Å². The van der Waals surface area contributed by atoms with Crippen molar-refractivity contribution >= 4 is 11.6 Å². The topological polar surface area (TPSA) is 62.0 Å². The molecule has 1 heterocycles. The highest BCUT2D eigenvalue weighted by molar-refractivity contribution is 5.88. The van der Waals surface area contributed by atoms with E-state index in [0.717, 1.165) is 6.92 Å². The first-order chi connectivity index (χ1) is 6.80. The van der Waals surface area contributed by atoms with Gasteiger partial charge in [0.2, 0.25) is 5.91 Å². The van der Waals surface area contributed by atoms with Crippen molar-refractivity contribution in [2.45, 2.75) is 13.1 Å². The van der Waals surface area contributed by atoms with E-state index in [4.69, 9.17) is 0 Å². The monoisotopic (exact) mass is 220 g/mol. The van der Waals surface area contributed by atoms with Gasteiger partial charge in [-0.3, -0.25) is 9.59 Å². The first kappa shape index (κ1) is 11.3. The van der Waals surface area contributed by atoms with Crippen LogP contribution < -0.4 is 10.9 Å². The van der Waals surface area contributed by atoms with Crippen LogP contribution in [0.25, 0.3) is 0 Å². The molecule has 0 aliphatic heterocycles. The van der Waals surface area contributed by atoms with Crippen LogP contribution in [-0.4, -0.2) is 10.9 Å². The number of carbonyl (C=O) groups excluding carboxylic acids is 1. The van der Waals surface area contributed by atoms with Crippen molar-refractivity contribution in [2.24, 2.45) is 0 Å². The molecule has 1 aromatic heterocycles. The van der Waals surface area contributed by atoms with Gasteiger partial charge in [-0.05, 0) is 6.07 Å². The number of amides is 1. The minimum Gasteiger partial charge on any atom is -0.327 e. The van der Waals surface area contributed by atoms with E-state index in [9.17, 15) is 22.8 Å². The molecule has 0 aliphatic rings. The standard InChI is InChI=1S/C8H7F3N2O2/c1-4(14)13-6-2-5(8(9,10)11)3-12-7(6)15/h2-3H,1H3,(H,12,15)(H,13,14). The molecule has 0 aliphatic carbocycles. The molecule has 0 unspecified atom stereocenters. The third kappa shape index (κ3) is 2.83. The lowest BCUT2D eigenvalue weighted by molar-refractivity contribution is -0.137. The maximum Gasteiger partial charge on any atom is 0.417 e. The fraction of sp³-hybridized carbons (Fsp3) is 0.250. The van der Waals surface area contributed by atoms with Gasteiger partial charge in [-0.2, -0.15) is 13.2 Å². The second kappa shape index (κ2) is 3.76. The zero-order chi connectivity index (χ0) is 11.6. The summed E-state index contributed by atoms with van der Waals surface area (Å²) in [5.41, 5.74) is -2.22. The van der Waals surface area contributed by atoms with Gasteiger partial charge in [0.1, 0.15) is 5.69 Å². The molecule has 15 heavy (non-hydrogen) atoms. The van der Waals surface area contributed by atoms with E-state index < -0.39 is 28.9 Å². The van der Waals surface area contributed by atoms with Crippen molar-refractivity contribution in [2.75, 3.05) is 5.32 Å². The van der Waals surface area contributed by atoms with Crippen LogP contribution in [0.15, 0.2) is 17.1 Å². The Morgan fingerprint density at radius 3 is 2.53 bits per heavy atom. The van der Waals surface area contributed by atoms with Gasteiger partial charge >= 0.3 is 6.18 Å². The third-order valence-electron chi connectivity index (χ3n) is 1.54. The Bertz CT molecular complexity index is 436. The predicted molar refractivity (Wildman–Crippen MR) is 46.4 cm³/mol. The number of aromatic nitrogens is 1. The summed E-state index contributed by atoms with van der Waals surface area (Å²) in [6, 6.07) is 0.584. The lowest BCUT2D eigenvalue weighted by atomic mass is 10.2. The van der Waals surface area contributed by atoms with Crippen molar-refractivity contribution in [3.8, 4) is 0 Å². The normalized spacial score (nSPS) is 11.2. The number of rotatable bonds is 1. The number of hydrogen-bond donors (Lipinski definition) is 2. The quantitative estimate of drug-likeness (QED) is 0.750. The van der Waals surface area contributed by atoms with Crippen LogP contribution >= 0.6 is 0 Å². The molecule has 1 rings (SSSR count). The summed E-state index contributed by atoms with van der Waals surface area (Å²) in [4.78, 5) is 23.5. The number of hydrogen-bond acceptors (Lipinski definition) is 2. The first-order valence-corrected chi connectivity index (χ1v) is 3.88. The molecule has 0 radical (unpaired) electrons. The number of alkyl halides is 3. The van der Waals surface area contributed by atoms with E-state index in [1.54, 1.807) is 0 Å². The van der Waals surface area contributed by atoms with Crippen molar-refractivity contribution in [3.63, 3.8) is 0 Å². The predicted octanol–water partition coefficient (Wildman–Crippen LogP) is 1.35. The number of halogens is 3. The average Bonchev–Trinajstić information content (AvgIpc) is 2.06. The smallest absolute Gasteiger partial charge is 0.327 e. The first-order valence-electron chi connectivity index (χ1n) is 3.88. The van der Waals surface area contributed by atoms with Crippen LogP contribution in [0.5, 0.6) is 0 Å². The van der Waals surface area contributed by atoms with E-state index in [0.29, 0.717) is 12.3 Å². The Kier molecular flexibility index (Phi) is 2.83. The van der Waals surface area contributed by atoms with E-state index in [1.165, 1.54) is 0 Å². The molecular formula is C8H7F3N2O2. The van der Waals surface area contributed by atoms with Crippen LogP contribution in [0.4, 0.5) is 18.9 Å². The van der Waals surface area contributed by atoms with Crippen LogP contribution in [0.2, 0.25) is 0 Å². The van der Waals surface area contributed by atoms with Crippen LogP contribution in [0, 0.1) is 0 Å². The number of carbonyl (C=O) groups is 1. The zero-order valence-electron chi connectivity index (χ0n) is 7.61. The Balaban J connectivity index is 3.17. The summed E-state index contributed by atoms with van der Waals surface area (Å²) >= 11 is 0. The average molecular weight is 220 g/mol. The van der Waals surface area contributed by atoms with E-state index in [1.807, 2.05) is 10.3 Å². The van der Waals surface area contributed by atoms with Crippen LogP contribution in [-0.2, 0) is 11.0 Å². The summed E-state index contributed by atoms with van der Waals surface area (Å²) < 4.78 is 36.6. The van der Waals surface area contributed by atoms with E-state index in [2.05, 4.69) is 0 Å². The molecule has 0 spiro atoms. The molecule has 82 valence electrons. The molecule has 2 N–H and O–H groups in total. The molecule has 0 saturated carbocycles. The van der Waals surface area contributed by atoms with Crippen molar-refractivity contribution < 1.29 is 18.0 Å². The highest BCUT2D eigenvalue weighted by Crippen LogP contribution is 2.28.